The zero-order chi connectivity index (χ0) is 20.2. The fraction of sp³-hybridized carbons (Fsp3) is 0.120. The van der Waals surface area contributed by atoms with Crippen LogP contribution in [0.4, 0.5) is 0 Å². The maximum Gasteiger partial charge on any atom is 0.267 e. The van der Waals surface area contributed by atoms with Gasteiger partial charge in [0.15, 0.2) is 0 Å². The van der Waals surface area contributed by atoms with E-state index in [0.29, 0.717) is 6.42 Å². The van der Waals surface area contributed by atoms with Crippen LogP contribution >= 0.6 is 15.9 Å². The summed E-state index contributed by atoms with van der Waals surface area (Å²) in [6.45, 7) is 2.06. The van der Waals surface area contributed by atoms with Crippen LogP contribution in [0.2, 0.25) is 0 Å². The zero-order valence-corrected chi connectivity index (χ0v) is 17.7. The van der Waals surface area contributed by atoms with Gasteiger partial charge in [-0.25, -0.2) is 5.01 Å². The average molecular weight is 445 g/mol. The van der Waals surface area contributed by atoms with Crippen LogP contribution in [0.15, 0.2) is 94.5 Å². The molecule has 0 aliphatic carbocycles. The van der Waals surface area contributed by atoms with Gasteiger partial charge < -0.3 is 0 Å². The number of benzene rings is 3. The molecule has 1 heterocycles. The predicted octanol–water partition coefficient (Wildman–Crippen LogP) is 6.15. The first-order chi connectivity index (χ1) is 14.1. The van der Waals surface area contributed by atoms with Crippen molar-refractivity contribution in [2.45, 2.75) is 19.4 Å². The number of nitrogens with zero attached hydrogens (tertiary/aromatic N) is 2. The van der Waals surface area contributed by atoms with Crippen molar-refractivity contribution in [1.29, 1.82) is 0 Å². The molecular formula is C25H21BrN2O. The molecule has 0 aromatic heterocycles. The molecule has 4 rings (SSSR count). The van der Waals surface area contributed by atoms with Crippen LogP contribution in [0.1, 0.15) is 34.7 Å². The number of halogens is 1. The van der Waals surface area contributed by atoms with Gasteiger partial charge in [-0.3, -0.25) is 4.79 Å². The summed E-state index contributed by atoms with van der Waals surface area (Å²) < 4.78 is 1.01. The Morgan fingerprint density at radius 3 is 2.38 bits per heavy atom. The molecule has 1 aliphatic rings. The summed E-state index contributed by atoms with van der Waals surface area (Å²) in [4.78, 5) is 13.0. The van der Waals surface area contributed by atoms with Gasteiger partial charge in [0.25, 0.3) is 5.91 Å². The van der Waals surface area contributed by atoms with Crippen LogP contribution in [0.3, 0.4) is 0 Å². The number of amides is 1. The highest BCUT2D eigenvalue weighted by Crippen LogP contribution is 2.33. The van der Waals surface area contributed by atoms with Gasteiger partial charge in [0.2, 0.25) is 0 Å². The van der Waals surface area contributed by atoms with Gasteiger partial charge in [0.05, 0.1) is 11.8 Å². The van der Waals surface area contributed by atoms with Crippen molar-refractivity contribution >= 4 is 33.6 Å². The second-order valence-corrected chi connectivity index (χ2v) is 8.03. The number of carbonyl (C=O) groups excluding carboxylic acids is 1. The zero-order valence-electron chi connectivity index (χ0n) is 16.1. The molecule has 0 saturated heterocycles. The lowest BCUT2D eigenvalue weighted by Gasteiger charge is -2.20. The number of aryl methyl sites for hydroxylation is 1. The minimum Gasteiger partial charge on any atom is -0.268 e. The smallest absolute Gasteiger partial charge is 0.267 e. The molecular weight excluding hydrogens is 424 g/mol. The molecule has 0 bridgehead atoms. The summed E-state index contributed by atoms with van der Waals surface area (Å²) in [5.41, 5.74) is 5.25. The van der Waals surface area contributed by atoms with E-state index in [-0.39, 0.29) is 11.9 Å². The third-order valence-electron chi connectivity index (χ3n) is 4.99. The summed E-state index contributed by atoms with van der Waals surface area (Å²) in [6.07, 6.45) is 4.12. The molecule has 3 aromatic carbocycles. The summed E-state index contributed by atoms with van der Waals surface area (Å²) >= 11 is 3.48. The SMILES string of the molecule is Cc1ccc(C2=NN(C(=O)/C=C/c3ccccc3)[C@H](c3ccc(Br)cc3)C2)cc1. The number of hydrazone groups is 1. The largest absolute Gasteiger partial charge is 0.268 e. The third-order valence-corrected chi connectivity index (χ3v) is 5.52. The first kappa shape index (κ1) is 19.3. The lowest BCUT2D eigenvalue weighted by atomic mass is 9.98. The molecule has 0 saturated carbocycles. The Kier molecular flexibility index (Phi) is 5.72. The van der Waals surface area contributed by atoms with Crippen molar-refractivity contribution in [1.82, 2.24) is 5.01 Å². The second-order valence-electron chi connectivity index (χ2n) is 7.11. The van der Waals surface area contributed by atoms with Crippen molar-refractivity contribution < 1.29 is 4.79 Å². The van der Waals surface area contributed by atoms with Gasteiger partial charge in [-0.1, -0.05) is 88.2 Å². The van der Waals surface area contributed by atoms with E-state index in [2.05, 4.69) is 47.1 Å². The Bertz CT molecular complexity index is 1050. The lowest BCUT2D eigenvalue weighted by Crippen LogP contribution is -2.25. The molecule has 0 radical (unpaired) electrons. The number of hydrogen-bond acceptors (Lipinski definition) is 2. The first-order valence-corrected chi connectivity index (χ1v) is 10.4. The topological polar surface area (TPSA) is 32.7 Å². The molecule has 0 spiro atoms. The fourth-order valence-electron chi connectivity index (χ4n) is 3.39. The molecule has 0 unspecified atom stereocenters. The van der Waals surface area contributed by atoms with Crippen LogP contribution in [0.25, 0.3) is 6.08 Å². The standard InChI is InChI=1S/C25H21BrN2O/c1-18-7-10-20(11-8-18)23-17-24(21-12-14-22(26)15-13-21)28(27-23)25(29)16-9-19-5-3-2-4-6-19/h2-16,24H,17H2,1H3/b16-9+/t24-/m0/s1. The van der Waals surface area contributed by atoms with E-state index >= 15 is 0 Å². The Labute approximate surface area is 179 Å². The Balaban J connectivity index is 1.65. The molecule has 144 valence electrons. The Morgan fingerprint density at radius 1 is 1.00 bits per heavy atom. The van der Waals surface area contributed by atoms with Gasteiger partial charge in [-0.2, -0.15) is 5.10 Å². The van der Waals surface area contributed by atoms with Crippen LogP contribution in [0, 0.1) is 6.92 Å². The van der Waals surface area contributed by atoms with Gasteiger partial charge in [0, 0.05) is 17.0 Å². The average Bonchev–Trinajstić information content (AvgIpc) is 3.19. The van der Waals surface area contributed by atoms with Crippen molar-refractivity contribution in [3.8, 4) is 0 Å². The van der Waals surface area contributed by atoms with Gasteiger partial charge in [-0.05, 0) is 41.8 Å². The third kappa shape index (κ3) is 4.54. The van der Waals surface area contributed by atoms with E-state index in [1.165, 1.54) is 5.56 Å². The van der Waals surface area contributed by atoms with Gasteiger partial charge in [0.1, 0.15) is 0 Å². The number of hydrogen-bond donors (Lipinski definition) is 0. The number of carbonyl (C=O) groups is 1. The van der Waals surface area contributed by atoms with E-state index in [9.17, 15) is 4.79 Å². The normalized spacial score (nSPS) is 16.3. The van der Waals surface area contributed by atoms with Crippen molar-refractivity contribution in [2.75, 3.05) is 0 Å². The van der Waals surface area contributed by atoms with E-state index < -0.39 is 0 Å². The predicted molar refractivity (Wildman–Crippen MR) is 122 cm³/mol. The second kappa shape index (κ2) is 8.58. The van der Waals surface area contributed by atoms with E-state index in [0.717, 1.165) is 26.9 Å². The molecule has 1 aliphatic heterocycles. The monoisotopic (exact) mass is 444 g/mol. The molecule has 0 fully saturated rings. The quantitative estimate of drug-likeness (QED) is 0.444. The molecule has 4 heteroatoms. The van der Waals surface area contributed by atoms with Crippen molar-refractivity contribution in [3.63, 3.8) is 0 Å². The maximum absolute atomic E-state index is 13.0. The highest BCUT2D eigenvalue weighted by atomic mass is 79.9. The van der Waals surface area contributed by atoms with Crippen LogP contribution in [-0.4, -0.2) is 16.6 Å². The Morgan fingerprint density at radius 2 is 1.69 bits per heavy atom. The number of rotatable bonds is 4. The molecule has 3 nitrogen and oxygen atoms in total. The van der Waals surface area contributed by atoms with Crippen LogP contribution in [-0.2, 0) is 4.79 Å². The fourth-order valence-corrected chi connectivity index (χ4v) is 3.65. The van der Waals surface area contributed by atoms with Crippen molar-refractivity contribution in [2.24, 2.45) is 5.10 Å². The van der Waals surface area contributed by atoms with E-state index in [1.54, 1.807) is 11.1 Å². The summed E-state index contributed by atoms with van der Waals surface area (Å²) in [7, 11) is 0. The van der Waals surface area contributed by atoms with Gasteiger partial charge in [-0.15, -0.1) is 0 Å². The van der Waals surface area contributed by atoms with E-state index in [1.807, 2.05) is 60.7 Å². The van der Waals surface area contributed by atoms with Crippen LogP contribution in [0.5, 0.6) is 0 Å². The minimum absolute atomic E-state index is 0.118. The minimum atomic E-state index is -0.121. The van der Waals surface area contributed by atoms with Crippen molar-refractivity contribution in [3.05, 3.63) is 112 Å². The highest BCUT2D eigenvalue weighted by Gasteiger charge is 2.32. The lowest BCUT2D eigenvalue weighted by molar-refractivity contribution is -0.127. The first-order valence-electron chi connectivity index (χ1n) is 9.56. The molecule has 1 amide bonds. The van der Waals surface area contributed by atoms with Crippen LogP contribution < -0.4 is 0 Å². The summed E-state index contributed by atoms with van der Waals surface area (Å²) in [5.74, 6) is -0.121. The molecule has 29 heavy (non-hydrogen) atoms. The highest BCUT2D eigenvalue weighted by molar-refractivity contribution is 9.10. The maximum atomic E-state index is 13.0. The van der Waals surface area contributed by atoms with E-state index in [4.69, 9.17) is 5.10 Å². The molecule has 0 N–H and O–H groups in total. The molecule has 3 aromatic rings. The summed E-state index contributed by atoms with van der Waals surface area (Å²) in [5, 5.41) is 6.33. The Hall–Kier alpha value is -2.98. The van der Waals surface area contributed by atoms with Gasteiger partial charge >= 0.3 is 0 Å². The summed E-state index contributed by atoms with van der Waals surface area (Å²) in [6, 6.07) is 26.1. The molecule has 1 atom stereocenters.